The largest absolute Gasteiger partial charge is 0.465 e. The number of fused-ring (bicyclic) bond motifs is 2. The lowest BCUT2D eigenvalue weighted by atomic mass is 9.97. The van der Waals surface area contributed by atoms with Gasteiger partial charge in [0.2, 0.25) is 0 Å². The van der Waals surface area contributed by atoms with Crippen LogP contribution in [0.5, 0.6) is 0 Å². The van der Waals surface area contributed by atoms with E-state index in [-0.39, 0.29) is 0 Å². The third-order valence-electron chi connectivity index (χ3n) is 4.73. The number of ether oxygens (including phenoxy) is 1. The summed E-state index contributed by atoms with van der Waals surface area (Å²) in [5, 5.41) is 3.85. The third kappa shape index (κ3) is 3.96. The van der Waals surface area contributed by atoms with Crippen LogP contribution in [0.3, 0.4) is 0 Å². The van der Waals surface area contributed by atoms with Crippen LogP contribution in [0.4, 0.5) is 5.69 Å². The molecule has 2 saturated heterocycles. The molecule has 2 bridgehead atoms. The second-order valence-electron chi connectivity index (χ2n) is 5.91. The fraction of sp³-hybridized carbons (Fsp3) is 0.647. The first kappa shape index (κ1) is 18.0. The van der Waals surface area contributed by atoms with E-state index in [9.17, 15) is 4.79 Å². The Hall–Kier alpha value is -1.33. The van der Waals surface area contributed by atoms with E-state index in [1.807, 2.05) is 13.8 Å². The van der Waals surface area contributed by atoms with E-state index in [4.69, 9.17) is 16.3 Å². The highest BCUT2D eigenvalue weighted by Gasteiger charge is 2.38. The lowest BCUT2D eigenvalue weighted by Gasteiger charge is -2.37. The summed E-state index contributed by atoms with van der Waals surface area (Å²) in [5.41, 5.74) is 1.16. The van der Waals surface area contributed by atoms with Gasteiger partial charge >= 0.3 is 5.97 Å². The van der Waals surface area contributed by atoms with Gasteiger partial charge in [-0.05, 0) is 38.8 Å². The highest BCUT2D eigenvalue weighted by atomic mass is 35.5. The van der Waals surface area contributed by atoms with Crippen molar-refractivity contribution in [1.82, 2.24) is 9.88 Å². The second-order valence-corrected chi connectivity index (χ2v) is 6.29. The van der Waals surface area contributed by atoms with E-state index in [0.29, 0.717) is 28.8 Å². The summed E-state index contributed by atoms with van der Waals surface area (Å²) in [6.07, 6.45) is 6.18. The molecule has 0 radical (unpaired) electrons. The van der Waals surface area contributed by atoms with E-state index in [0.717, 1.165) is 18.5 Å². The van der Waals surface area contributed by atoms with E-state index in [1.165, 1.54) is 26.1 Å². The van der Waals surface area contributed by atoms with Crippen LogP contribution in [0, 0.1) is 0 Å². The molecule has 2 fully saturated rings. The number of carbonyl (C=O) groups is 1. The van der Waals surface area contributed by atoms with Crippen LogP contribution in [0.15, 0.2) is 12.3 Å². The average Bonchev–Trinajstić information content (AvgIpc) is 2.77. The quantitative estimate of drug-likeness (QED) is 0.673. The van der Waals surface area contributed by atoms with Crippen LogP contribution < -0.4 is 5.32 Å². The zero-order valence-electron chi connectivity index (χ0n) is 14.3. The van der Waals surface area contributed by atoms with Crippen LogP contribution in [0.1, 0.15) is 49.9 Å². The first-order valence-corrected chi connectivity index (χ1v) is 8.68. The Morgan fingerprint density at radius 3 is 2.52 bits per heavy atom. The maximum atomic E-state index is 11.8. The summed E-state index contributed by atoms with van der Waals surface area (Å²) < 4.78 is 4.81. The fourth-order valence-corrected chi connectivity index (χ4v) is 3.73. The normalized spacial score (nSPS) is 26.2. The number of methoxy groups -OCH3 is 1. The standard InChI is InChI=1S/C15H20ClN3O2.C2H6/c1-19-10-3-4-11(19)6-9(5-10)18-13-7-14(16)17-8-12(13)15(20)21-2;1-2/h7-11H,3-6H2,1-2H3,(H,17,18);1-2H3. The smallest absolute Gasteiger partial charge is 0.341 e. The van der Waals surface area contributed by atoms with Crippen LogP contribution in [0.2, 0.25) is 5.15 Å². The molecule has 128 valence electrons. The number of anilines is 1. The zero-order chi connectivity index (χ0) is 17.0. The molecule has 0 spiro atoms. The summed E-state index contributed by atoms with van der Waals surface area (Å²) in [5.74, 6) is -0.391. The van der Waals surface area contributed by atoms with Crippen molar-refractivity contribution in [3.05, 3.63) is 23.0 Å². The molecule has 1 aromatic heterocycles. The molecule has 23 heavy (non-hydrogen) atoms. The van der Waals surface area contributed by atoms with Gasteiger partial charge in [-0.2, -0.15) is 0 Å². The Labute approximate surface area is 143 Å². The van der Waals surface area contributed by atoms with Crippen LogP contribution in [-0.2, 0) is 4.74 Å². The lowest BCUT2D eigenvalue weighted by molar-refractivity contribution is 0.0601. The molecule has 2 atom stereocenters. The molecule has 0 saturated carbocycles. The number of aromatic nitrogens is 1. The maximum Gasteiger partial charge on any atom is 0.341 e. The summed E-state index contributed by atoms with van der Waals surface area (Å²) >= 11 is 5.96. The molecule has 1 N–H and O–H groups in total. The summed E-state index contributed by atoms with van der Waals surface area (Å²) in [6, 6.07) is 3.34. The van der Waals surface area contributed by atoms with Crippen molar-refractivity contribution in [2.24, 2.45) is 0 Å². The molecular weight excluding hydrogens is 314 g/mol. The van der Waals surface area contributed by atoms with Gasteiger partial charge in [-0.1, -0.05) is 25.4 Å². The molecule has 3 rings (SSSR count). The predicted octanol–water partition coefficient (Wildman–Crippen LogP) is 3.58. The van der Waals surface area contributed by atoms with Crippen molar-refractivity contribution in [2.75, 3.05) is 19.5 Å². The molecular formula is C17H26ClN3O2. The molecule has 5 nitrogen and oxygen atoms in total. The molecule has 0 aromatic carbocycles. The number of hydrogen-bond donors (Lipinski definition) is 1. The lowest BCUT2D eigenvalue weighted by Crippen LogP contribution is -2.44. The number of hydrogen-bond acceptors (Lipinski definition) is 5. The van der Waals surface area contributed by atoms with Gasteiger partial charge in [0.05, 0.1) is 12.8 Å². The third-order valence-corrected chi connectivity index (χ3v) is 4.94. The number of nitrogens with zero attached hydrogens (tertiary/aromatic N) is 2. The first-order chi connectivity index (χ1) is 11.1. The SMILES string of the molecule is CC.COC(=O)c1cnc(Cl)cc1NC1CC2CCC(C1)N2C. The number of halogens is 1. The average molecular weight is 340 g/mol. The van der Waals surface area contributed by atoms with Crippen LogP contribution >= 0.6 is 11.6 Å². The van der Waals surface area contributed by atoms with Crippen molar-refractivity contribution >= 4 is 23.3 Å². The Morgan fingerprint density at radius 2 is 1.96 bits per heavy atom. The minimum atomic E-state index is -0.391. The molecule has 2 aliphatic heterocycles. The van der Waals surface area contributed by atoms with Gasteiger partial charge in [0, 0.05) is 24.3 Å². The van der Waals surface area contributed by atoms with E-state index in [2.05, 4.69) is 22.2 Å². The molecule has 0 aliphatic carbocycles. The Balaban J connectivity index is 0.000000924. The summed E-state index contributed by atoms with van der Waals surface area (Å²) in [7, 11) is 3.58. The monoisotopic (exact) mass is 339 g/mol. The molecule has 0 amide bonds. The van der Waals surface area contributed by atoms with Crippen molar-refractivity contribution in [2.45, 2.75) is 57.7 Å². The number of nitrogens with one attached hydrogen (secondary N) is 1. The highest BCUT2D eigenvalue weighted by molar-refractivity contribution is 6.29. The maximum absolute atomic E-state index is 11.8. The topological polar surface area (TPSA) is 54.5 Å². The Bertz CT molecular complexity index is 539. The van der Waals surface area contributed by atoms with E-state index < -0.39 is 5.97 Å². The molecule has 2 unspecified atom stereocenters. The van der Waals surface area contributed by atoms with Gasteiger partial charge in [-0.3, -0.25) is 0 Å². The molecule has 2 aliphatic rings. The van der Waals surface area contributed by atoms with Gasteiger partial charge in [-0.15, -0.1) is 0 Å². The first-order valence-electron chi connectivity index (χ1n) is 8.31. The highest BCUT2D eigenvalue weighted by Crippen LogP contribution is 2.36. The molecule has 6 heteroatoms. The van der Waals surface area contributed by atoms with Gasteiger partial charge in [0.25, 0.3) is 0 Å². The van der Waals surface area contributed by atoms with Crippen molar-refractivity contribution in [3.63, 3.8) is 0 Å². The van der Waals surface area contributed by atoms with Gasteiger partial charge in [0.1, 0.15) is 10.7 Å². The Morgan fingerprint density at radius 1 is 1.35 bits per heavy atom. The van der Waals surface area contributed by atoms with Crippen LogP contribution in [-0.4, -0.2) is 48.1 Å². The van der Waals surface area contributed by atoms with Gasteiger partial charge < -0.3 is 15.0 Å². The number of piperidine rings is 1. The van der Waals surface area contributed by atoms with Crippen molar-refractivity contribution < 1.29 is 9.53 Å². The van der Waals surface area contributed by atoms with Gasteiger partial charge in [0.15, 0.2) is 0 Å². The summed E-state index contributed by atoms with van der Waals surface area (Å²) in [4.78, 5) is 18.3. The van der Waals surface area contributed by atoms with Crippen molar-refractivity contribution in [1.29, 1.82) is 0 Å². The number of carbonyl (C=O) groups excluding carboxylic acids is 1. The minimum absolute atomic E-state index is 0.362. The zero-order valence-corrected chi connectivity index (χ0v) is 15.1. The van der Waals surface area contributed by atoms with E-state index in [1.54, 1.807) is 6.07 Å². The molecule has 3 heterocycles. The number of rotatable bonds is 3. The van der Waals surface area contributed by atoms with E-state index >= 15 is 0 Å². The molecule has 1 aromatic rings. The fourth-order valence-electron chi connectivity index (χ4n) is 3.57. The number of esters is 1. The van der Waals surface area contributed by atoms with Crippen molar-refractivity contribution in [3.8, 4) is 0 Å². The number of pyridine rings is 1. The van der Waals surface area contributed by atoms with Gasteiger partial charge in [-0.25, -0.2) is 9.78 Å². The predicted molar refractivity (Wildman–Crippen MR) is 93.2 cm³/mol. The van der Waals surface area contributed by atoms with Crippen LogP contribution in [0.25, 0.3) is 0 Å². The Kier molecular flexibility index (Phi) is 6.25. The minimum Gasteiger partial charge on any atom is -0.465 e. The summed E-state index contributed by atoms with van der Waals surface area (Å²) in [6.45, 7) is 4.00. The second kappa shape index (κ2) is 7.97.